The van der Waals surface area contributed by atoms with Gasteiger partial charge in [0.2, 0.25) is 0 Å². The molecule has 0 amide bonds. The Balaban J connectivity index is 3.20. The predicted molar refractivity (Wildman–Crippen MR) is 76.7 cm³/mol. The van der Waals surface area contributed by atoms with Crippen molar-refractivity contribution in [3.05, 3.63) is 23.3 Å². The van der Waals surface area contributed by atoms with Crippen LogP contribution in [0, 0.1) is 6.92 Å². The second-order valence-electron chi connectivity index (χ2n) is 4.89. The van der Waals surface area contributed by atoms with Gasteiger partial charge in [0.25, 0.3) is 0 Å². The lowest BCUT2D eigenvalue weighted by Crippen LogP contribution is -2.32. The Morgan fingerprint density at radius 2 is 2.05 bits per heavy atom. The van der Waals surface area contributed by atoms with E-state index in [-0.39, 0.29) is 18.2 Å². The normalized spacial score (nSPS) is 10.8. The number of aliphatic hydroxyl groups is 1. The zero-order valence-corrected chi connectivity index (χ0v) is 11.7. The van der Waals surface area contributed by atoms with Crippen LogP contribution < -0.4 is 10.6 Å². The van der Waals surface area contributed by atoms with Gasteiger partial charge >= 0.3 is 5.97 Å². The summed E-state index contributed by atoms with van der Waals surface area (Å²) in [6.45, 7) is 6.66. The number of aliphatic hydroxyl groups excluding tert-OH is 1. The van der Waals surface area contributed by atoms with Crippen molar-refractivity contribution >= 4 is 17.3 Å². The molecule has 0 aliphatic heterocycles. The van der Waals surface area contributed by atoms with Crippen molar-refractivity contribution in [3.8, 4) is 0 Å². The Bertz CT molecular complexity index is 458. The van der Waals surface area contributed by atoms with E-state index in [1.165, 1.54) is 0 Å². The minimum Gasteiger partial charge on any atom is -0.478 e. The van der Waals surface area contributed by atoms with Crippen LogP contribution in [0.5, 0.6) is 0 Å². The van der Waals surface area contributed by atoms with E-state index in [1.807, 2.05) is 19.9 Å². The van der Waals surface area contributed by atoms with Gasteiger partial charge in [-0.25, -0.2) is 4.79 Å². The summed E-state index contributed by atoms with van der Waals surface area (Å²) in [4.78, 5) is 13.3. The van der Waals surface area contributed by atoms with Gasteiger partial charge in [-0.15, -0.1) is 0 Å². The van der Waals surface area contributed by atoms with Crippen molar-refractivity contribution in [1.82, 2.24) is 0 Å². The van der Waals surface area contributed by atoms with E-state index in [4.69, 9.17) is 10.8 Å². The molecule has 0 atom stereocenters. The van der Waals surface area contributed by atoms with E-state index >= 15 is 0 Å². The van der Waals surface area contributed by atoms with E-state index in [9.17, 15) is 9.90 Å². The standard InChI is InChI=1S/C14H22N2O3/c1-9(2)16(5-4-6-17)11-7-10(3)13(15)12(8-11)14(18)19/h7-9,17H,4-6,15H2,1-3H3,(H,18,19). The first-order valence-corrected chi connectivity index (χ1v) is 6.39. The van der Waals surface area contributed by atoms with E-state index in [0.29, 0.717) is 18.7 Å². The number of nitrogen functional groups attached to an aromatic ring is 1. The number of hydrogen-bond acceptors (Lipinski definition) is 4. The molecule has 0 radical (unpaired) electrons. The minimum atomic E-state index is -1.02. The summed E-state index contributed by atoms with van der Waals surface area (Å²) in [6.07, 6.45) is 0.643. The molecule has 1 rings (SSSR count). The number of carboxylic acids is 1. The van der Waals surface area contributed by atoms with Crippen LogP contribution in [0.1, 0.15) is 36.2 Å². The summed E-state index contributed by atoms with van der Waals surface area (Å²) in [7, 11) is 0. The molecule has 1 aromatic rings. The molecule has 0 spiro atoms. The summed E-state index contributed by atoms with van der Waals surface area (Å²) >= 11 is 0. The molecule has 106 valence electrons. The number of carboxylic acid groups (broad SMARTS) is 1. The van der Waals surface area contributed by atoms with E-state index in [0.717, 1.165) is 11.3 Å². The molecule has 4 N–H and O–H groups in total. The molecule has 0 fully saturated rings. The molecule has 19 heavy (non-hydrogen) atoms. The molecule has 1 aromatic carbocycles. The van der Waals surface area contributed by atoms with Crippen molar-refractivity contribution in [2.75, 3.05) is 23.8 Å². The summed E-state index contributed by atoms with van der Waals surface area (Å²) in [5, 5.41) is 18.1. The van der Waals surface area contributed by atoms with Gasteiger partial charge in [-0.3, -0.25) is 0 Å². The molecule has 0 saturated heterocycles. The van der Waals surface area contributed by atoms with Gasteiger partial charge in [0.1, 0.15) is 0 Å². The van der Waals surface area contributed by atoms with Crippen LogP contribution in [-0.4, -0.2) is 35.4 Å². The third-order valence-electron chi connectivity index (χ3n) is 3.11. The molecule has 0 heterocycles. The molecule has 0 aromatic heterocycles. The Hall–Kier alpha value is -1.75. The fourth-order valence-corrected chi connectivity index (χ4v) is 2.05. The molecule has 5 heteroatoms. The van der Waals surface area contributed by atoms with Gasteiger partial charge < -0.3 is 20.8 Å². The van der Waals surface area contributed by atoms with Gasteiger partial charge in [0.05, 0.1) is 5.56 Å². The smallest absolute Gasteiger partial charge is 0.337 e. The Morgan fingerprint density at radius 1 is 1.42 bits per heavy atom. The van der Waals surface area contributed by atoms with E-state index < -0.39 is 5.97 Å². The average Bonchev–Trinajstić information content (AvgIpc) is 2.32. The highest BCUT2D eigenvalue weighted by atomic mass is 16.4. The third kappa shape index (κ3) is 3.61. The highest BCUT2D eigenvalue weighted by Crippen LogP contribution is 2.27. The molecule has 0 saturated carbocycles. The van der Waals surface area contributed by atoms with Gasteiger partial charge in [0.15, 0.2) is 0 Å². The van der Waals surface area contributed by atoms with Crippen LogP contribution in [0.2, 0.25) is 0 Å². The minimum absolute atomic E-state index is 0.114. The molecular weight excluding hydrogens is 244 g/mol. The van der Waals surface area contributed by atoms with Crippen molar-refractivity contribution in [1.29, 1.82) is 0 Å². The van der Waals surface area contributed by atoms with Crippen LogP contribution in [-0.2, 0) is 0 Å². The van der Waals surface area contributed by atoms with E-state index in [2.05, 4.69) is 4.90 Å². The molecule has 5 nitrogen and oxygen atoms in total. The maximum atomic E-state index is 11.2. The van der Waals surface area contributed by atoms with Crippen LogP contribution in [0.25, 0.3) is 0 Å². The van der Waals surface area contributed by atoms with Crippen molar-refractivity contribution in [2.24, 2.45) is 0 Å². The van der Waals surface area contributed by atoms with Gasteiger partial charge in [-0.05, 0) is 44.9 Å². The average molecular weight is 266 g/mol. The fraction of sp³-hybridized carbons (Fsp3) is 0.500. The van der Waals surface area contributed by atoms with Crippen molar-refractivity contribution < 1.29 is 15.0 Å². The summed E-state index contributed by atoms with van der Waals surface area (Å²) in [5.41, 5.74) is 7.81. The molecule has 0 bridgehead atoms. The first kappa shape index (κ1) is 15.3. The van der Waals surface area contributed by atoms with Crippen LogP contribution in [0.4, 0.5) is 11.4 Å². The van der Waals surface area contributed by atoms with Gasteiger partial charge in [-0.1, -0.05) is 0 Å². The maximum absolute atomic E-state index is 11.2. The monoisotopic (exact) mass is 266 g/mol. The predicted octanol–water partition coefficient (Wildman–Crippen LogP) is 1.87. The number of benzene rings is 1. The quantitative estimate of drug-likeness (QED) is 0.684. The van der Waals surface area contributed by atoms with Crippen LogP contribution >= 0.6 is 0 Å². The Kier molecular flexibility index (Phi) is 5.18. The Morgan fingerprint density at radius 3 is 2.53 bits per heavy atom. The maximum Gasteiger partial charge on any atom is 0.337 e. The summed E-state index contributed by atoms with van der Waals surface area (Å²) in [6, 6.07) is 3.71. The second-order valence-corrected chi connectivity index (χ2v) is 4.89. The number of anilines is 2. The van der Waals surface area contributed by atoms with Gasteiger partial charge in [0, 0.05) is 30.6 Å². The highest BCUT2D eigenvalue weighted by molar-refractivity contribution is 5.95. The van der Waals surface area contributed by atoms with Gasteiger partial charge in [-0.2, -0.15) is 0 Å². The summed E-state index contributed by atoms with van der Waals surface area (Å²) < 4.78 is 0. The SMILES string of the molecule is Cc1cc(N(CCCO)C(C)C)cc(C(=O)O)c1N. The summed E-state index contributed by atoms with van der Waals surface area (Å²) in [5.74, 6) is -1.02. The number of nitrogens with zero attached hydrogens (tertiary/aromatic N) is 1. The number of hydrogen-bond donors (Lipinski definition) is 3. The molecule has 0 aliphatic carbocycles. The molecule has 0 aliphatic rings. The Labute approximate surface area is 113 Å². The number of aromatic carboxylic acids is 1. The number of aryl methyl sites for hydroxylation is 1. The third-order valence-corrected chi connectivity index (χ3v) is 3.11. The fourth-order valence-electron chi connectivity index (χ4n) is 2.05. The topological polar surface area (TPSA) is 86.8 Å². The first-order chi connectivity index (χ1) is 8.88. The largest absolute Gasteiger partial charge is 0.478 e. The van der Waals surface area contributed by atoms with Crippen LogP contribution in [0.3, 0.4) is 0 Å². The molecule has 0 unspecified atom stereocenters. The number of nitrogens with two attached hydrogens (primary N) is 1. The highest BCUT2D eigenvalue weighted by Gasteiger charge is 2.16. The first-order valence-electron chi connectivity index (χ1n) is 6.39. The van der Waals surface area contributed by atoms with E-state index in [1.54, 1.807) is 13.0 Å². The lowest BCUT2D eigenvalue weighted by Gasteiger charge is -2.29. The lowest BCUT2D eigenvalue weighted by molar-refractivity contribution is 0.0698. The van der Waals surface area contributed by atoms with Crippen molar-refractivity contribution in [2.45, 2.75) is 33.2 Å². The zero-order valence-electron chi connectivity index (χ0n) is 11.7. The zero-order chi connectivity index (χ0) is 14.6. The second kappa shape index (κ2) is 6.43. The number of carbonyl (C=O) groups is 1. The van der Waals surface area contributed by atoms with Crippen LogP contribution in [0.15, 0.2) is 12.1 Å². The molecular formula is C14H22N2O3. The lowest BCUT2D eigenvalue weighted by atomic mass is 10.1. The number of rotatable bonds is 6. The van der Waals surface area contributed by atoms with Crippen molar-refractivity contribution in [3.63, 3.8) is 0 Å².